The molecule has 162 valence electrons. The van der Waals surface area contributed by atoms with Gasteiger partial charge in [0, 0.05) is 19.6 Å². The number of amides is 1. The summed E-state index contributed by atoms with van der Waals surface area (Å²) in [5.74, 6) is 0.105. The topological polar surface area (TPSA) is 84.9 Å². The van der Waals surface area contributed by atoms with E-state index in [0.717, 1.165) is 5.56 Å². The quantitative estimate of drug-likeness (QED) is 0.615. The number of methoxy groups -OCH3 is 1. The summed E-state index contributed by atoms with van der Waals surface area (Å²) in [6.07, 6.45) is 1.32. The highest BCUT2D eigenvalue weighted by atomic mass is 32.2. The number of benzene rings is 2. The fourth-order valence-electron chi connectivity index (χ4n) is 3.43. The number of carbonyl (C=O) groups is 1. The Labute approximate surface area is 178 Å². The number of piperidine rings is 1. The highest BCUT2D eigenvalue weighted by Gasteiger charge is 2.33. The van der Waals surface area contributed by atoms with Crippen LogP contribution in [0.1, 0.15) is 18.4 Å². The van der Waals surface area contributed by atoms with E-state index in [9.17, 15) is 13.2 Å². The van der Waals surface area contributed by atoms with Crippen LogP contribution in [-0.2, 0) is 26.2 Å². The summed E-state index contributed by atoms with van der Waals surface area (Å²) in [5.41, 5.74) is 1.08. The first-order valence-electron chi connectivity index (χ1n) is 10.0. The maximum Gasteiger partial charge on any atom is 0.243 e. The largest absolute Gasteiger partial charge is 0.497 e. The van der Waals surface area contributed by atoms with E-state index in [-0.39, 0.29) is 23.3 Å². The lowest BCUT2D eigenvalue weighted by Crippen LogP contribution is -2.45. The molecular formula is C22H28N2O5S. The van der Waals surface area contributed by atoms with E-state index in [0.29, 0.717) is 44.9 Å². The molecule has 0 unspecified atom stereocenters. The van der Waals surface area contributed by atoms with Crippen LogP contribution in [0, 0.1) is 5.92 Å². The van der Waals surface area contributed by atoms with Gasteiger partial charge in [-0.3, -0.25) is 4.79 Å². The van der Waals surface area contributed by atoms with Crippen molar-refractivity contribution in [2.75, 3.05) is 33.4 Å². The van der Waals surface area contributed by atoms with E-state index in [4.69, 9.17) is 9.47 Å². The van der Waals surface area contributed by atoms with Crippen LogP contribution in [0.2, 0.25) is 0 Å². The molecule has 0 aliphatic carbocycles. The van der Waals surface area contributed by atoms with Crippen molar-refractivity contribution < 1.29 is 22.7 Å². The van der Waals surface area contributed by atoms with Gasteiger partial charge in [0.25, 0.3) is 0 Å². The molecule has 0 aromatic heterocycles. The zero-order chi connectivity index (χ0) is 21.4. The lowest BCUT2D eigenvalue weighted by atomic mass is 9.99. The molecule has 8 heteroatoms. The number of hydrogen-bond acceptors (Lipinski definition) is 5. The van der Waals surface area contributed by atoms with E-state index < -0.39 is 10.0 Å². The molecule has 1 N–H and O–H groups in total. The van der Waals surface area contributed by atoms with Gasteiger partial charge in [-0.1, -0.05) is 30.3 Å². The second kappa shape index (κ2) is 10.6. The molecule has 0 saturated carbocycles. The average Bonchev–Trinajstić information content (AvgIpc) is 2.79. The molecule has 30 heavy (non-hydrogen) atoms. The van der Waals surface area contributed by atoms with Crippen LogP contribution in [0.4, 0.5) is 0 Å². The van der Waals surface area contributed by atoms with E-state index in [2.05, 4.69) is 5.32 Å². The third-order valence-corrected chi connectivity index (χ3v) is 6.99. The van der Waals surface area contributed by atoms with Gasteiger partial charge in [0.2, 0.25) is 15.9 Å². The molecule has 0 radical (unpaired) electrons. The molecule has 1 saturated heterocycles. The molecule has 1 aliphatic rings. The Morgan fingerprint density at radius 3 is 2.57 bits per heavy atom. The Kier molecular flexibility index (Phi) is 7.84. The van der Waals surface area contributed by atoms with Crippen molar-refractivity contribution in [3.05, 3.63) is 60.2 Å². The first kappa shape index (κ1) is 22.3. The van der Waals surface area contributed by atoms with E-state index in [1.54, 1.807) is 12.1 Å². The van der Waals surface area contributed by atoms with E-state index >= 15 is 0 Å². The lowest BCUT2D eigenvalue weighted by molar-refractivity contribution is -0.126. The molecule has 7 nitrogen and oxygen atoms in total. The van der Waals surface area contributed by atoms with E-state index in [1.807, 2.05) is 30.3 Å². The van der Waals surface area contributed by atoms with Crippen molar-refractivity contribution in [1.82, 2.24) is 9.62 Å². The summed E-state index contributed by atoms with van der Waals surface area (Å²) in [7, 11) is -2.11. The molecule has 1 fully saturated rings. The minimum absolute atomic E-state index is 0.132. The summed E-state index contributed by atoms with van der Waals surface area (Å²) in [4.78, 5) is 12.7. The van der Waals surface area contributed by atoms with Crippen LogP contribution in [0.15, 0.2) is 59.5 Å². The molecule has 1 atom stereocenters. The number of nitrogens with one attached hydrogen (secondary N) is 1. The predicted molar refractivity (Wildman–Crippen MR) is 114 cm³/mol. The number of sulfonamides is 1. The van der Waals surface area contributed by atoms with Gasteiger partial charge in [0.1, 0.15) is 5.75 Å². The van der Waals surface area contributed by atoms with Crippen molar-refractivity contribution in [1.29, 1.82) is 0 Å². The normalized spacial score (nSPS) is 17.4. The maximum absolute atomic E-state index is 12.9. The second-order valence-electron chi connectivity index (χ2n) is 7.21. The van der Waals surface area contributed by atoms with Crippen LogP contribution in [-0.4, -0.2) is 52.0 Å². The van der Waals surface area contributed by atoms with Gasteiger partial charge in [0.15, 0.2) is 0 Å². The first-order valence-corrected chi connectivity index (χ1v) is 11.5. The number of nitrogens with zero attached hydrogens (tertiary/aromatic N) is 1. The summed E-state index contributed by atoms with van der Waals surface area (Å²) < 4.78 is 37.9. The van der Waals surface area contributed by atoms with Crippen molar-refractivity contribution in [3.8, 4) is 5.75 Å². The van der Waals surface area contributed by atoms with Gasteiger partial charge >= 0.3 is 0 Å². The van der Waals surface area contributed by atoms with E-state index in [1.165, 1.54) is 23.5 Å². The van der Waals surface area contributed by atoms with Gasteiger partial charge in [-0.2, -0.15) is 4.31 Å². The smallest absolute Gasteiger partial charge is 0.243 e. The molecule has 0 bridgehead atoms. The van der Waals surface area contributed by atoms with Crippen molar-refractivity contribution >= 4 is 15.9 Å². The Morgan fingerprint density at radius 2 is 1.87 bits per heavy atom. The van der Waals surface area contributed by atoms with Crippen LogP contribution in [0.3, 0.4) is 0 Å². The SMILES string of the molecule is COc1ccc(S(=O)(=O)N2CCC[C@H](C(=O)NCCOCc3ccccc3)C2)cc1. The standard InChI is InChI=1S/C22H28N2O5S/c1-28-20-9-11-21(12-10-20)30(26,27)24-14-5-8-19(16-24)22(25)23-13-15-29-17-18-6-3-2-4-7-18/h2-4,6-7,9-12,19H,5,8,13-17H2,1H3,(H,23,25)/t19-/m0/s1. The molecule has 2 aromatic carbocycles. The Balaban J connectivity index is 1.47. The highest BCUT2D eigenvalue weighted by Crippen LogP contribution is 2.25. The zero-order valence-corrected chi connectivity index (χ0v) is 17.9. The third-order valence-electron chi connectivity index (χ3n) is 5.11. The molecule has 1 aliphatic heterocycles. The monoisotopic (exact) mass is 432 g/mol. The first-order chi connectivity index (χ1) is 14.5. The van der Waals surface area contributed by atoms with Crippen LogP contribution in [0.25, 0.3) is 0 Å². The number of carbonyl (C=O) groups excluding carboxylic acids is 1. The van der Waals surface area contributed by atoms with Crippen molar-refractivity contribution in [2.45, 2.75) is 24.3 Å². The minimum Gasteiger partial charge on any atom is -0.497 e. The van der Waals surface area contributed by atoms with Gasteiger partial charge in [-0.25, -0.2) is 8.42 Å². The van der Waals surface area contributed by atoms with Gasteiger partial charge in [-0.05, 0) is 42.7 Å². The number of hydrogen-bond donors (Lipinski definition) is 1. The Hall–Kier alpha value is -2.42. The molecule has 1 heterocycles. The van der Waals surface area contributed by atoms with Crippen molar-refractivity contribution in [2.24, 2.45) is 5.92 Å². The van der Waals surface area contributed by atoms with Crippen LogP contribution < -0.4 is 10.1 Å². The molecule has 0 spiro atoms. The summed E-state index contributed by atoms with van der Waals surface area (Å²) in [6, 6.07) is 16.1. The fraction of sp³-hybridized carbons (Fsp3) is 0.409. The number of rotatable bonds is 9. The molecular weight excluding hydrogens is 404 g/mol. The maximum atomic E-state index is 12.9. The summed E-state index contributed by atoms with van der Waals surface area (Å²) in [5, 5.41) is 2.86. The Bertz CT molecular complexity index is 916. The summed E-state index contributed by atoms with van der Waals surface area (Å²) >= 11 is 0. The average molecular weight is 433 g/mol. The predicted octanol–water partition coefficient (Wildman–Crippen LogP) is 2.43. The lowest BCUT2D eigenvalue weighted by Gasteiger charge is -2.31. The van der Waals surface area contributed by atoms with Gasteiger partial charge < -0.3 is 14.8 Å². The fourth-order valence-corrected chi connectivity index (χ4v) is 4.95. The van der Waals surface area contributed by atoms with Gasteiger partial charge in [-0.15, -0.1) is 0 Å². The van der Waals surface area contributed by atoms with Crippen LogP contribution in [0.5, 0.6) is 5.75 Å². The van der Waals surface area contributed by atoms with Crippen LogP contribution >= 0.6 is 0 Å². The highest BCUT2D eigenvalue weighted by molar-refractivity contribution is 7.89. The minimum atomic E-state index is -3.64. The number of ether oxygens (including phenoxy) is 2. The molecule has 2 aromatic rings. The van der Waals surface area contributed by atoms with Gasteiger partial charge in [0.05, 0.1) is 31.1 Å². The summed E-state index contributed by atoms with van der Waals surface area (Å²) in [6.45, 7) is 1.89. The zero-order valence-electron chi connectivity index (χ0n) is 17.1. The Morgan fingerprint density at radius 1 is 1.13 bits per heavy atom. The van der Waals surface area contributed by atoms with Crippen molar-refractivity contribution in [3.63, 3.8) is 0 Å². The second-order valence-corrected chi connectivity index (χ2v) is 9.14. The third kappa shape index (κ3) is 5.81. The molecule has 3 rings (SSSR count). The molecule has 1 amide bonds.